The monoisotopic (exact) mass is 254 g/mol. The molecule has 0 amide bonds. The number of carboxylic acids is 1. The van der Waals surface area contributed by atoms with Crippen molar-refractivity contribution >= 4 is 17.3 Å². The molecule has 7 nitrogen and oxygen atoms in total. The van der Waals surface area contributed by atoms with Gasteiger partial charge < -0.3 is 15.5 Å². The number of carboxylic acid groups (broad SMARTS) is 1. The first-order valence-corrected chi connectivity index (χ1v) is 5.39. The molecule has 0 saturated heterocycles. The standard InChI is InChI=1S/C11H14N2O5/c1-2-8(14)6-12-10-5-7(13(17)18)3-4-9(10)11(15)16/h3-5,8,12,14H,2,6H2,1H3,(H,15,16). The molecule has 0 aromatic heterocycles. The normalized spacial score (nSPS) is 11.9. The number of aliphatic hydroxyl groups excluding tert-OH is 1. The Morgan fingerprint density at radius 1 is 1.56 bits per heavy atom. The average molecular weight is 254 g/mol. The maximum atomic E-state index is 10.9. The second-order valence-corrected chi connectivity index (χ2v) is 3.74. The minimum atomic E-state index is -1.18. The summed E-state index contributed by atoms with van der Waals surface area (Å²) >= 11 is 0. The molecule has 0 saturated carbocycles. The molecule has 0 radical (unpaired) electrons. The third-order valence-corrected chi connectivity index (χ3v) is 2.44. The van der Waals surface area contributed by atoms with Crippen molar-refractivity contribution in [2.75, 3.05) is 11.9 Å². The molecule has 3 N–H and O–H groups in total. The second kappa shape index (κ2) is 5.97. The van der Waals surface area contributed by atoms with Gasteiger partial charge in [0, 0.05) is 18.7 Å². The number of anilines is 1. The van der Waals surface area contributed by atoms with Crippen molar-refractivity contribution in [3.63, 3.8) is 0 Å². The van der Waals surface area contributed by atoms with Crippen molar-refractivity contribution in [1.82, 2.24) is 0 Å². The highest BCUT2D eigenvalue weighted by Crippen LogP contribution is 2.22. The van der Waals surface area contributed by atoms with Gasteiger partial charge in [-0.2, -0.15) is 0 Å². The zero-order valence-corrected chi connectivity index (χ0v) is 9.79. The summed E-state index contributed by atoms with van der Waals surface area (Å²) in [4.78, 5) is 21.0. The first kappa shape index (κ1) is 13.9. The number of nitrogens with one attached hydrogen (secondary N) is 1. The third-order valence-electron chi connectivity index (χ3n) is 2.44. The highest BCUT2D eigenvalue weighted by molar-refractivity contribution is 5.94. The minimum absolute atomic E-state index is 0.0658. The molecule has 1 unspecified atom stereocenters. The van der Waals surface area contributed by atoms with E-state index in [1.807, 2.05) is 0 Å². The lowest BCUT2D eigenvalue weighted by Crippen LogP contribution is -2.19. The summed E-state index contributed by atoms with van der Waals surface area (Å²) in [5.74, 6) is -1.18. The van der Waals surface area contributed by atoms with Crippen LogP contribution in [0.15, 0.2) is 18.2 Å². The minimum Gasteiger partial charge on any atom is -0.478 e. The first-order valence-electron chi connectivity index (χ1n) is 5.39. The van der Waals surface area contributed by atoms with Crippen LogP contribution in [0.25, 0.3) is 0 Å². The summed E-state index contributed by atoms with van der Waals surface area (Å²) in [6, 6.07) is 3.44. The van der Waals surface area contributed by atoms with Gasteiger partial charge in [-0.05, 0) is 12.5 Å². The summed E-state index contributed by atoms with van der Waals surface area (Å²) in [7, 11) is 0. The van der Waals surface area contributed by atoms with Gasteiger partial charge in [-0.3, -0.25) is 10.1 Å². The van der Waals surface area contributed by atoms with Crippen LogP contribution >= 0.6 is 0 Å². The zero-order chi connectivity index (χ0) is 13.7. The quantitative estimate of drug-likeness (QED) is 0.523. The molecule has 18 heavy (non-hydrogen) atoms. The lowest BCUT2D eigenvalue weighted by Gasteiger charge is -2.12. The van der Waals surface area contributed by atoms with E-state index in [2.05, 4.69) is 5.32 Å². The van der Waals surface area contributed by atoms with Crippen LogP contribution in [-0.4, -0.2) is 33.8 Å². The average Bonchev–Trinajstić information content (AvgIpc) is 2.35. The molecule has 1 aromatic carbocycles. The Hall–Kier alpha value is -2.15. The fourth-order valence-corrected chi connectivity index (χ4v) is 1.35. The Labute approximate surface area is 103 Å². The third kappa shape index (κ3) is 3.42. The van der Waals surface area contributed by atoms with Gasteiger partial charge in [-0.1, -0.05) is 6.92 Å². The number of carbonyl (C=O) groups is 1. The Morgan fingerprint density at radius 2 is 2.22 bits per heavy atom. The topological polar surface area (TPSA) is 113 Å². The number of hydrogen-bond donors (Lipinski definition) is 3. The molecule has 7 heteroatoms. The number of hydrogen-bond acceptors (Lipinski definition) is 5. The fraction of sp³-hybridized carbons (Fsp3) is 0.364. The van der Waals surface area contributed by atoms with Crippen LogP contribution in [0.4, 0.5) is 11.4 Å². The lowest BCUT2D eigenvalue weighted by molar-refractivity contribution is -0.384. The zero-order valence-electron chi connectivity index (χ0n) is 9.79. The van der Waals surface area contributed by atoms with Crippen LogP contribution in [-0.2, 0) is 0 Å². The van der Waals surface area contributed by atoms with Crippen molar-refractivity contribution in [1.29, 1.82) is 0 Å². The summed E-state index contributed by atoms with van der Waals surface area (Å²) in [6.07, 6.45) is -0.129. The number of nitro benzene ring substituents is 1. The van der Waals surface area contributed by atoms with E-state index in [9.17, 15) is 20.0 Å². The second-order valence-electron chi connectivity index (χ2n) is 3.74. The number of aliphatic hydroxyl groups is 1. The molecule has 0 aliphatic heterocycles. The van der Waals surface area contributed by atoms with Crippen LogP contribution in [0.2, 0.25) is 0 Å². The number of nitro groups is 1. The lowest BCUT2D eigenvalue weighted by atomic mass is 10.1. The van der Waals surface area contributed by atoms with Crippen LogP contribution in [0, 0.1) is 10.1 Å². The van der Waals surface area contributed by atoms with Gasteiger partial charge in [-0.15, -0.1) is 0 Å². The number of non-ortho nitro benzene ring substituents is 1. The number of aromatic carboxylic acids is 1. The summed E-state index contributed by atoms with van der Waals surface area (Å²) in [6.45, 7) is 1.91. The van der Waals surface area contributed by atoms with E-state index in [4.69, 9.17) is 5.11 Å². The van der Waals surface area contributed by atoms with Gasteiger partial charge >= 0.3 is 5.97 Å². The Kier molecular flexibility index (Phi) is 4.61. The van der Waals surface area contributed by atoms with Gasteiger partial charge in [0.1, 0.15) is 0 Å². The van der Waals surface area contributed by atoms with E-state index < -0.39 is 17.0 Å². The highest BCUT2D eigenvalue weighted by Gasteiger charge is 2.15. The van der Waals surface area contributed by atoms with Crippen LogP contribution in [0.3, 0.4) is 0 Å². The molecule has 1 aromatic rings. The first-order chi connectivity index (χ1) is 8.45. The number of rotatable bonds is 6. The van der Waals surface area contributed by atoms with Gasteiger partial charge in [0.2, 0.25) is 0 Å². The smallest absolute Gasteiger partial charge is 0.337 e. The summed E-state index contributed by atoms with van der Waals surface area (Å²) in [5.41, 5.74) is -0.137. The maximum absolute atomic E-state index is 10.9. The predicted molar refractivity (Wildman–Crippen MR) is 64.8 cm³/mol. The maximum Gasteiger partial charge on any atom is 0.337 e. The van der Waals surface area contributed by atoms with E-state index in [-0.39, 0.29) is 23.5 Å². The molecule has 1 rings (SSSR count). The molecule has 0 spiro atoms. The fourth-order valence-electron chi connectivity index (χ4n) is 1.35. The van der Waals surface area contributed by atoms with Gasteiger partial charge in [-0.25, -0.2) is 4.79 Å². The Bertz CT molecular complexity index is 461. The highest BCUT2D eigenvalue weighted by atomic mass is 16.6. The van der Waals surface area contributed by atoms with Crippen molar-refractivity contribution in [3.8, 4) is 0 Å². The Morgan fingerprint density at radius 3 is 2.72 bits per heavy atom. The van der Waals surface area contributed by atoms with Gasteiger partial charge in [0.25, 0.3) is 5.69 Å². The van der Waals surface area contributed by atoms with Crippen molar-refractivity contribution in [3.05, 3.63) is 33.9 Å². The molecular formula is C11H14N2O5. The van der Waals surface area contributed by atoms with E-state index in [1.165, 1.54) is 6.07 Å². The largest absolute Gasteiger partial charge is 0.478 e. The number of nitrogens with zero attached hydrogens (tertiary/aromatic N) is 1. The molecule has 98 valence electrons. The van der Waals surface area contributed by atoms with E-state index in [0.29, 0.717) is 6.42 Å². The van der Waals surface area contributed by atoms with Crippen LogP contribution in [0.5, 0.6) is 0 Å². The summed E-state index contributed by atoms with van der Waals surface area (Å²) < 4.78 is 0. The molecular weight excluding hydrogens is 240 g/mol. The van der Waals surface area contributed by atoms with Crippen molar-refractivity contribution in [2.24, 2.45) is 0 Å². The van der Waals surface area contributed by atoms with Crippen LogP contribution < -0.4 is 5.32 Å². The predicted octanol–water partition coefficient (Wildman–Crippen LogP) is 1.48. The molecule has 0 bridgehead atoms. The van der Waals surface area contributed by atoms with Gasteiger partial charge in [0.05, 0.1) is 22.3 Å². The SMILES string of the molecule is CCC(O)CNc1cc([N+](=O)[O-])ccc1C(=O)O. The van der Waals surface area contributed by atoms with E-state index >= 15 is 0 Å². The number of benzene rings is 1. The van der Waals surface area contributed by atoms with Crippen LogP contribution in [0.1, 0.15) is 23.7 Å². The van der Waals surface area contributed by atoms with Gasteiger partial charge in [0.15, 0.2) is 0 Å². The molecule has 0 aliphatic carbocycles. The molecule has 0 fully saturated rings. The molecule has 0 heterocycles. The van der Waals surface area contributed by atoms with E-state index in [1.54, 1.807) is 6.92 Å². The van der Waals surface area contributed by atoms with Crippen molar-refractivity contribution in [2.45, 2.75) is 19.4 Å². The molecule has 0 aliphatic rings. The van der Waals surface area contributed by atoms with E-state index in [0.717, 1.165) is 12.1 Å². The summed E-state index contributed by atoms with van der Waals surface area (Å²) in [5, 5.41) is 31.6. The molecule has 1 atom stereocenters. The van der Waals surface area contributed by atoms with Crippen molar-refractivity contribution < 1.29 is 19.9 Å². The Balaban J connectivity index is 3.00.